The van der Waals surface area contributed by atoms with Crippen LogP contribution in [0.3, 0.4) is 0 Å². The van der Waals surface area contributed by atoms with Crippen molar-refractivity contribution in [2.75, 3.05) is 31.1 Å². The lowest BCUT2D eigenvalue weighted by atomic mass is 10.2. The maximum absolute atomic E-state index is 11.7. The molecular formula is C13H16N3O3-. The Morgan fingerprint density at radius 2 is 1.89 bits per heavy atom. The Kier molecular flexibility index (Phi) is 4.33. The van der Waals surface area contributed by atoms with Crippen molar-refractivity contribution in [1.82, 2.24) is 9.88 Å². The number of carbonyl (C=O) groups excluding carboxylic acids is 2. The maximum atomic E-state index is 11.7. The molecule has 2 rings (SSSR count). The van der Waals surface area contributed by atoms with E-state index in [2.05, 4.69) is 9.88 Å². The molecule has 0 radical (unpaired) electrons. The number of piperazine rings is 1. The molecule has 0 atom stereocenters. The summed E-state index contributed by atoms with van der Waals surface area (Å²) in [5, 5.41) is 10.3. The van der Waals surface area contributed by atoms with Crippen molar-refractivity contribution in [3.63, 3.8) is 0 Å². The van der Waals surface area contributed by atoms with Crippen LogP contribution in [0.1, 0.15) is 12.8 Å². The number of carboxylic acids is 1. The highest BCUT2D eigenvalue weighted by Crippen LogP contribution is 2.13. The first-order valence-electron chi connectivity index (χ1n) is 6.30. The van der Waals surface area contributed by atoms with Crippen LogP contribution in [0.25, 0.3) is 0 Å². The van der Waals surface area contributed by atoms with Crippen molar-refractivity contribution in [2.24, 2.45) is 0 Å². The zero-order valence-electron chi connectivity index (χ0n) is 10.6. The number of amides is 1. The van der Waals surface area contributed by atoms with Crippen LogP contribution in [0.2, 0.25) is 0 Å². The molecule has 0 N–H and O–H groups in total. The minimum Gasteiger partial charge on any atom is -0.550 e. The average Bonchev–Trinajstić information content (AvgIpc) is 2.46. The second kappa shape index (κ2) is 6.17. The number of aliphatic carboxylic acids is 1. The van der Waals surface area contributed by atoms with Gasteiger partial charge in [0.1, 0.15) is 5.82 Å². The summed E-state index contributed by atoms with van der Waals surface area (Å²) < 4.78 is 0. The van der Waals surface area contributed by atoms with Crippen LogP contribution >= 0.6 is 0 Å². The second-order valence-corrected chi connectivity index (χ2v) is 4.43. The molecule has 0 saturated carbocycles. The number of anilines is 1. The van der Waals surface area contributed by atoms with Crippen molar-refractivity contribution >= 4 is 17.7 Å². The molecule has 1 aliphatic heterocycles. The molecule has 1 saturated heterocycles. The summed E-state index contributed by atoms with van der Waals surface area (Å²) in [5.74, 6) is -0.394. The highest BCUT2D eigenvalue weighted by Gasteiger charge is 2.21. The summed E-state index contributed by atoms with van der Waals surface area (Å²) in [6.07, 6.45) is 1.55. The molecule has 0 spiro atoms. The Morgan fingerprint density at radius 1 is 1.16 bits per heavy atom. The Bertz CT molecular complexity index is 442. The molecule has 1 fully saturated rings. The predicted octanol–water partition coefficient (Wildman–Crippen LogP) is -0.740. The van der Waals surface area contributed by atoms with Crippen molar-refractivity contribution < 1.29 is 14.7 Å². The minimum absolute atomic E-state index is 0.0198. The van der Waals surface area contributed by atoms with E-state index in [1.54, 1.807) is 11.1 Å². The van der Waals surface area contributed by atoms with Crippen LogP contribution < -0.4 is 10.0 Å². The monoisotopic (exact) mass is 262 g/mol. The molecule has 0 unspecified atom stereocenters. The van der Waals surface area contributed by atoms with Gasteiger partial charge in [-0.1, -0.05) is 6.07 Å². The summed E-state index contributed by atoms with van der Waals surface area (Å²) in [4.78, 5) is 30.2. The van der Waals surface area contributed by atoms with Gasteiger partial charge in [0.15, 0.2) is 0 Å². The largest absolute Gasteiger partial charge is 0.550 e. The van der Waals surface area contributed by atoms with Crippen LogP contribution in [0.4, 0.5) is 5.82 Å². The molecule has 6 nitrogen and oxygen atoms in total. The SMILES string of the molecule is O=C([O-])CCC(=O)N1CCN(c2ccccn2)CC1. The predicted molar refractivity (Wildman–Crippen MR) is 67.3 cm³/mol. The van der Waals surface area contributed by atoms with E-state index >= 15 is 0 Å². The third kappa shape index (κ3) is 3.67. The first-order valence-corrected chi connectivity index (χ1v) is 6.30. The number of carboxylic acid groups (broad SMARTS) is 1. The molecule has 1 aliphatic rings. The van der Waals surface area contributed by atoms with E-state index in [1.165, 1.54) is 0 Å². The summed E-state index contributed by atoms with van der Waals surface area (Å²) in [6.45, 7) is 2.63. The molecule has 19 heavy (non-hydrogen) atoms. The molecule has 1 aromatic rings. The van der Waals surface area contributed by atoms with Gasteiger partial charge in [-0.15, -0.1) is 0 Å². The fourth-order valence-corrected chi connectivity index (χ4v) is 2.09. The molecule has 0 bridgehead atoms. The Hall–Kier alpha value is -2.11. The maximum Gasteiger partial charge on any atom is 0.223 e. The van der Waals surface area contributed by atoms with E-state index in [-0.39, 0.29) is 18.7 Å². The number of hydrogen-bond acceptors (Lipinski definition) is 5. The van der Waals surface area contributed by atoms with Gasteiger partial charge >= 0.3 is 0 Å². The number of hydrogen-bond donors (Lipinski definition) is 0. The second-order valence-electron chi connectivity index (χ2n) is 4.43. The van der Waals surface area contributed by atoms with Crippen LogP contribution in [-0.4, -0.2) is 47.9 Å². The highest BCUT2D eigenvalue weighted by molar-refractivity contribution is 5.80. The minimum atomic E-state index is -1.18. The van der Waals surface area contributed by atoms with Crippen molar-refractivity contribution in [2.45, 2.75) is 12.8 Å². The van der Waals surface area contributed by atoms with Gasteiger partial charge in [0.05, 0.1) is 0 Å². The van der Waals surface area contributed by atoms with Crippen molar-refractivity contribution in [3.05, 3.63) is 24.4 Å². The third-order valence-electron chi connectivity index (χ3n) is 3.15. The Morgan fingerprint density at radius 3 is 2.47 bits per heavy atom. The lowest BCUT2D eigenvalue weighted by molar-refractivity contribution is -0.305. The van der Waals surface area contributed by atoms with Crippen LogP contribution in [0.15, 0.2) is 24.4 Å². The van der Waals surface area contributed by atoms with Crippen LogP contribution in [0.5, 0.6) is 0 Å². The first-order chi connectivity index (χ1) is 9.16. The lowest BCUT2D eigenvalue weighted by Gasteiger charge is -2.35. The summed E-state index contributed by atoms with van der Waals surface area (Å²) in [5.41, 5.74) is 0. The molecule has 102 valence electrons. The van der Waals surface area contributed by atoms with E-state index < -0.39 is 5.97 Å². The average molecular weight is 262 g/mol. The molecule has 1 amide bonds. The van der Waals surface area contributed by atoms with Gasteiger partial charge in [-0.25, -0.2) is 4.98 Å². The Balaban J connectivity index is 1.82. The van der Waals surface area contributed by atoms with E-state index in [0.29, 0.717) is 26.2 Å². The quantitative estimate of drug-likeness (QED) is 0.714. The van der Waals surface area contributed by atoms with Gasteiger partial charge in [-0.05, 0) is 18.6 Å². The van der Waals surface area contributed by atoms with Gasteiger partial charge in [0.2, 0.25) is 5.91 Å². The third-order valence-corrected chi connectivity index (χ3v) is 3.15. The van der Waals surface area contributed by atoms with Gasteiger partial charge in [0.25, 0.3) is 0 Å². The smallest absolute Gasteiger partial charge is 0.223 e. The molecule has 1 aromatic heterocycles. The van der Waals surface area contributed by atoms with Crippen molar-refractivity contribution in [3.8, 4) is 0 Å². The lowest BCUT2D eigenvalue weighted by Crippen LogP contribution is -2.49. The first kappa shape index (κ1) is 13.3. The number of carbonyl (C=O) groups is 2. The van der Waals surface area contributed by atoms with E-state index in [1.807, 2.05) is 18.2 Å². The summed E-state index contributed by atoms with van der Waals surface area (Å²) >= 11 is 0. The van der Waals surface area contributed by atoms with Gasteiger partial charge in [-0.3, -0.25) is 4.79 Å². The topological polar surface area (TPSA) is 76.6 Å². The fraction of sp³-hybridized carbons (Fsp3) is 0.462. The highest BCUT2D eigenvalue weighted by atomic mass is 16.4. The zero-order valence-corrected chi connectivity index (χ0v) is 10.6. The Labute approximate surface area is 111 Å². The van der Waals surface area contributed by atoms with Gasteiger partial charge in [0, 0.05) is 44.8 Å². The van der Waals surface area contributed by atoms with Gasteiger partial charge < -0.3 is 19.7 Å². The van der Waals surface area contributed by atoms with Gasteiger partial charge in [-0.2, -0.15) is 0 Å². The van der Waals surface area contributed by atoms with Crippen LogP contribution in [-0.2, 0) is 9.59 Å². The number of aromatic nitrogens is 1. The molecule has 0 aliphatic carbocycles. The molecule has 6 heteroatoms. The molecular weight excluding hydrogens is 246 g/mol. The number of pyridine rings is 1. The van der Waals surface area contributed by atoms with E-state index in [9.17, 15) is 14.7 Å². The molecule has 2 heterocycles. The molecule has 0 aromatic carbocycles. The summed E-state index contributed by atoms with van der Waals surface area (Å²) in [7, 11) is 0. The van der Waals surface area contributed by atoms with E-state index in [4.69, 9.17) is 0 Å². The number of nitrogens with zero attached hydrogens (tertiary/aromatic N) is 3. The van der Waals surface area contributed by atoms with Crippen LogP contribution in [0, 0.1) is 0 Å². The fourth-order valence-electron chi connectivity index (χ4n) is 2.09. The summed E-state index contributed by atoms with van der Waals surface area (Å²) in [6, 6.07) is 5.73. The zero-order chi connectivity index (χ0) is 13.7. The standard InChI is InChI=1S/C13H17N3O3/c17-12(4-5-13(18)19)16-9-7-15(8-10-16)11-3-1-2-6-14-11/h1-3,6H,4-5,7-10H2,(H,18,19)/p-1. The number of rotatable bonds is 4. The normalized spacial score (nSPS) is 15.4. The van der Waals surface area contributed by atoms with E-state index in [0.717, 1.165) is 5.82 Å². The van der Waals surface area contributed by atoms with Crippen molar-refractivity contribution in [1.29, 1.82) is 0 Å².